The van der Waals surface area contributed by atoms with Crippen molar-refractivity contribution in [2.24, 2.45) is 0 Å². The molecule has 0 spiro atoms. The highest BCUT2D eigenvalue weighted by molar-refractivity contribution is 7.89. The smallest absolute Gasteiger partial charge is 0.240 e. The number of piperazine rings is 1. The van der Waals surface area contributed by atoms with Gasteiger partial charge in [-0.1, -0.05) is 6.42 Å². The molecule has 11 heteroatoms. The number of fused-ring (bicyclic) bond motifs is 1. The highest BCUT2D eigenvalue weighted by atomic mass is 32.2. The molecule has 0 unspecified atom stereocenters. The number of benzene rings is 1. The standard InChI is InChI=1S/C22H29N5O5S/c28-21(26-11-13-27(14-12-26)22-23-8-4-9-24-22)5-2-1-3-10-25-33(29,30)18-6-7-19-20(17-18)32-16-15-31-19/h4,6-9,17,25H,1-3,5,10-16H2. The maximum absolute atomic E-state index is 12.5. The van der Waals surface area contributed by atoms with Gasteiger partial charge in [-0.25, -0.2) is 23.1 Å². The molecule has 2 aromatic rings. The zero-order valence-corrected chi connectivity index (χ0v) is 19.3. The van der Waals surface area contributed by atoms with Gasteiger partial charge in [0.05, 0.1) is 4.90 Å². The fraction of sp³-hybridized carbons (Fsp3) is 0.500. The van der Waals surface area contributed by atoms with E-state index in [4.69, 9.17) is 9.47 Å². The minimum Gasteiger partial charge on any atom is -0.486 e. The van der Waals surface area contributed by atoms with Crippen LogP contribution in [0.2, 0.25) is 0 Å². The van der Waals surface area contributed by atoms with Gasteiger partial charge in [0.15, 0.2) is 11.5 Å². The van der Waals surface area contributed by atoms with E-state index in [1.165, 1.54) is 12.1 Å². The van der Waals surface area contributed by atoms with E-state index in [0.29, 0.717) is 63.1 Å². The average Bonchev–Trinajstić information content (AvgIpc) is 2.86. The summed E-state index contributed by atoms with van der Waals surface area (Å²) in [7, 11) is -3.62. The molecule has 1 saturated heterocycles. The van der Waals surface area contributed by atoms with Crippen LogP contribution in [-0.2, 0) is 14.8 Å². The summed E-state index contributed by atoms with van der Waals surface area (Å²) >= 11 is 0. The summed E-state index contributed by atoms with van der Waals surface area (Å²) in [6.07, 6.45) is 6.07. The maximum Gasteiger partial charge on any atom is 0.240 e. The molecule has 1 aromatic heterocycles. The van der Waals surface area contributed by atoms with E-state index in [2.05, 4.69) is 19.6 Å². The Labute approximate surface area is 194 Å². The first-order chi connectivity index (χ1) is 16.0. The number of amides is 1. The number of sulfonamides is 1. The van der Waals surface area contributed by atoms with E-state index >= 15 is 0 Å². The molecule has 4 rings (SSSR count). The van der Waals surface area contributed by atoms with Gasteiger partial charge in [-0.15, -0.1) is 0 Å². The van der Waals surface area contributed by atoms with Gasteiger partial charge in [0, 0.05) is 57.6 Å². The van der Waals surface area contributed by atoms with Crippen LogP contribution in [0.3, 0.4) is 0 Å². The molecule has 1 fully saturated rings. The first-order valence-electron chi connectivity index (χ1n) is 11.2. The molecule has 0 saturated carbocycles. The number of hydrogen-bond acceptors (Lipinski definition) is 8. The zero-order chi connectivity index (χ0) is 23.1. The number of unbranched alkanes of at least 4 members (excludes halogenated alkanes) is 2. The van der Waals surface area contributed by atoms with Crippen LogP contribution in [-0.4, -0.2) is 75.1 Å². The molecule has 0 bridgehead atoms. The first-order valence-corrected chi connectivity index (χ1v) is 12.7. The molecule has 0 radical (unpaired) electrons. The van der Waals surface area contributed by atoms with E-state index < -0.39 is 10.0 Å². The van der Waals surface area contributed by atoms with Crippen molar-refractivity contribution in [3.8, 4) is 11.5 Å². The van der Waals surface area contributed by atoms with E-state index in [1.54, 1.807) is 24.5 Å². The second kappa shape index (κ2) is 10.8. The van der Waals surface area contributed by atoms with Gasteiger partial charge < -0.3 is 19.3 Å². The number of anilines is 1. The largest absolute Gasteiger partial charge is 0.486 e. The Hall–Kier alpha value is -2.92. The zero-order valence-electron chi connectivity index (χ0n) is 18.5. The molecule has 3 heterocycles. The summed E-state index contributed by atoms with van der Waals surface area (Å²) in [5, 5.41) is 0. The van der Waals surface area contributed by atoms with Crippen LogP contribution >= 0.6 is 0 Å². The summed E-state index contributed by atoms with van der Waals surface area (Å²) in [6.45, 7) is 3.94. The van der Waals surface area contributed by atoms with Crippen LogP contribution < -0.4 is 19.1 Å². The first kappa shape index (κ1) is 23.2. The third-order valence-corrected chi connectivity index (χ3v) is 7.11. The summed E-state index contributed by atoms with van der Waals surface area (Å²) in [5.41, 5.74) is 0. The summed E-state index contributed by atoms with van der Waals surface area (Å²) in [5.74, 6) is 1.84. The molecule has 178 valence electrons. The quantitative estimate of drug-likeness (QED) is 0.542. The number of carbonyl (C=O) groups is 1. The van der Waals surface area contributed by atoms with Gasteiger partial charge in [0.2, 0.25) is 21.9 Å². The van der Waals surface area contributed by atoms with Crippen molar-refractivity contribution in [1.82, 2.24) is 19.6 Å². The van der Waals surface area contributed by atoms with E-state index in [0.717, 1.165) is 25.9 Å². The number of aromatic nitrogens is 2. The molecule has 0 atom stereocenters. The fourth-order valence-electron chi connectivity index (χ4n) is 3.83. The van der Waals surface area contributed by atoms with Crippen molar-refractivity contribution in [3.63, 3.8) is 0 Å². The van der Waals surface area contributed by atoms with Gasteiger partial charge in [0.1, 0.15) is 13.2 Å². The van der Waals surface area contributed by atoms with Crippen molar-refractivity contribution in [2.45, 2.75) is 30.6 Å². The van der Waals surface area contributed by atoms with E-state index in [1.807, 2.05) is 4.90 Å². The Morgan fingerprint density at radius 2 is 1.70 bits per heavy atom. The molecule has 1 aromatic carbocycles. The highest BCUT2D eigenvalue weighted by Gasteiger charge is 2.22. The molecule has 10 nitrogen and oxygen atoms in total. The van der Waals surface area contributed by atoms with Crippen LogP contribution in [0.25, 0.3) is 0 Å². The number of rotatable bonds is 9. The topological polar surface area (TPSA) is 114 Å². The lowest BCUT2D eigenvalue weighted by atomic mass is 10.1. The van der Waals surface area contributed by atoms with E-state index in [-0.39, 0.29) is 10.8 Å². The number of nitrogens with one attached hydrogen (secondary N) is 1. The molecule has 1 amide bonds. The number of ether oxygens (including phenoxy) is 2. The van der Waals surface area contributed by atoms with Crippen molar-refractivity contribution >= 4 is 21.9 Å². The van der Waals surface area contributed by atoms with Crippen molar-refractivity contribution in [3.05, 3.63) is 36.7 Å². The van der Waals surface area contributed by atoms with Gasteiger partial charge >= 0.3 is 0 Å². The van der Waals surface area contributed by atoms with Crippen molar-refractivity contribution in [2.75, 3.05) is 50.8 Å². The summed E-state index contributed by atoms with van der Waals surface area (Å²) < 4.78 is 38.5. The lowest BCUT2D eigenvalue weighted by Gasteiger charge is -2.34. The minimum absolute atomic E-state index is 0.139. The van der Waals surface area contributed by atoms with Gasteiger partial charge in [-0.3, -0.25) is 4.79 Å². The second-order valence-corrected chi connectivity index (χ2v) is 9.70. The lowest BCUT2D eigenvalue weighted by molar-refractivity contribution is -0.131. The van der Waals surface area contributed by atoms with Crippen LogP contribution in [0.1, 0.15) is 25.7 Å². The Balaban J connectivity index is 1.13. The van der Waals surface area contributed by atoms with Gasteiger partial charge in [-0.2, -0.15) is 0 Å². The Morgan fingerprint density at radius 3 is 2.45 bits per heavy atom. The molecule has 1 N–H and O–H groups in total. The summed E-state index contributed by atoms with van der Waals surface area (Å²) in [6, 6.07) is 6.39. The normalized spacial score (nSPS) is 16.0. The number of nitrogens with zero attached hydrogens (tertiary/aromatic N) is 4. The maximum atomic E-state index is 12.5. The molecular formula is C22H29N5O5S. The van der Waals surface area contributed by atoms with Crippen molar-refractivity contribution < 1.29 is 22.7 Å². The summed E-state index contributed by atoms with van der Waals surface area (Å²) in [4.78, 5) is 25.1. The van der Waals surface area contributed by atoms with Crippen LogP contribution in [0.15, 0.2) is 41.6 Å². The predicted octanol–water partition coefficient (Wildman–Crippen LogP) is 1.44. The van der Waals surface area contributed by atoms with Crippen LogP contribution in [0.5, 0.6) is 11.5 Å². The Morgan fingerprint density at radius 1 is 0.970 bits per heavy atom. The molecular weight excluding hydrogens is 446 g/mol. The molecule has 2 aliphatic rings. The molecule has 33 heavy (non-hydrogen) atoms. The lowest BCUT2D eigenvalue weighted by Crippen LogP contribution is -2.49. The predicted molar refractivity (Wildman–Crippen MR) is 122 cm³/mol. The average molecular weight is 476 g/mol. The van der Waals surface area contributed by atoms with Gasteiger partial charge in [-0.05, 0) is 31.0 Å². The molecule has 2 aliphatic heterocycles. The number of carbonyl (C=O) groups excluding carboxylic acids is 1. The highest BCUT2D eigenvalue weighted by Crippen LogP contribution is 2.32. The fourth-order valence-corrected chi connectivity index (χ4v) is 4.92. The Bertz CT molecular complexity index is 1040. The van der Waals surface area contributed by atoms with Gasteiger partial charge in [0.25, 0.3) is 0 Å². The van der Waals surface area contributed by atoms with Crippen LogP contribution in [0.4, 0.5) is 5.95 Å². The SMILES string of the molecule is O=C(CCCCCNS(=O)(=O)c1ccc2c(c1)OCCO2)N1CCN(c2ncccn2)CC1. The number of hydrogen-bond donors (Lipinski definition) is 1. The van der Waals surface area contributed by atoms with Crippen molar-refractivity contribution in [1.29, 1.82) is 0 Å². The third kappa shape index (κ3) is 6.11. The molecule has 0 aliphatic carbocycles. The van der Waals surface area contributed by atoms with E-state index in [9.17, 15) is 13.2 Å². The second-order valence-electron chi connectivity index (χ2n) is 7.93. The Kier molecular flexibility index (Phi) is 7.61. The van der Waals surface area contributed by atoms with Crippen LogP contribution in [0, 0.1) is 0 Å². The minimum atomic E-state index is -3.62. The third-order valence-electron chi connectivity index (χ3n) is 5.65. The monoisotopic (exact) mass is 475 g/mol.